The molecular formula is C17H25ClN2O2S2. The fraction of sp³-hybridized carbons (Fsp3) is 0.647. The summed E-state index contributed by atoms with van der Waals surface area (Å²) in [5.74, 6) is 2.01. The van der Waals surface area contributed by atoms with E-state index in [1.807, 2.05) is 23.9 Å². The molecule has 3 rings (SSSR count). The van der Waals surface area contributed by atoms with Crippen LogP contribution in [0.5, 0.6) is 0 Å². The molecule has 0 aromatic heterocycles. The first-order chi connectivity index (χ1) is 11.5. The first kappa shape index (κ1) is 18.5. The number of likely N-dealkylation sites (tertiary alicyclic amines) is 1. The van der Waals surface area contributed by atoms with Crippen molar-refractivity contribution in [3.8, 4) is 0 Å². The van der Waals surface area contributed by atoms with Gasteiger partial charge in [-0.25, -0.2) is 8.42 Å². The average molecular weight is 389 g/mol. The maximum atomic E-state index is 13.0. The zero-order valence-electron chi connectivity index (χ0n) is 13.9. The average Bonchev–Trinajstić information content (AvgIpc) is 2.93. The predicted octanol–water partition coefficient (Wildman–Crippen LogP) is 3.07. The van der Waals surface area contributed by atoms with E-state index in [2.05, 4.69) is 4.90 Å². The van der Waals surface area contributed by atoms with Gasteiger partial charge in [-0.2, -0.15) is 16.1 Å². The molecule has 2 aliphatic rings. The number of hydrogen-bond donors (Lipinski definition) is 0. The SMILES string of the molecule is O=S(=O)(Cc1ccc(Cl)cc1)N1CCCSCC1CN1CCCC1. The highest BCUT2D eigenvalue weighted by Gasteiger charge is 2.33. The van der Waals surface area contributed by atoms with E-state index in [0.717, 1.165) is 43.1 Å². The number of nitrogens with zero attached hydrogens (tertiary/aromatic N) is 2. The van der Waals surface area contributed by atoms with Crippen LogP contribution in [0.2, 0.25) is 5.02 Å². The molecule has 134 valence electrons. The van der Waals surface area contributed by atoms with Crippen LogP contribution >= 0.6 is 23.4 Å². The fourth-order valence-corrected chi connectivity index (χ4v) is 6.51. The van der Waals surface area contributed by atoms with Gasteiger partial charge in [0.1, 0.15) is 0 Å². The molecule has 7 heteroatoms. The third-order valence-electron chi connectivity index (χ3n) is 4.67. The van der Waals surface area contributed by atoms with E-state index in [1.165, 1.54) is 12.8 Å². The lowest BCUT2D eigenvalue weighted by molar-refractivity contribution is 0.243. The number of thioether (sulfide) groups is 1. The van der Waals surface area contributed by atoms with Gasteiger partial charge in [-0.1, -0.05) is 23.7 Å². The lowest BCUT2D eigenvalue weighted by atomic mass is 10.2. The molecule has 0 radical (unpaired) electrons. The monoisotopic (exact) mass is 388 g/mol. The van der Waals surface area contributed by atoms with Gasteiger partial charge in [0.05, 0.1) is 5.75 Å². The van der Waals surface area contributed by atoms with Crippen LogP contribution in [0.15, 0.2) is 24.3 Å². The molecule has 24 heavy (non-hydrogen) atoms. The Bertz CT molecular complexity index is 630. The van der Waals surface area contributed by atoms with Crippen molar-refractivity contribution < 1.29 is 8.42 Å². The molecule has 2 aliphatic heterocycles. The summed E-state index contributed by atoms with van der Waals surface area (Å²) in [5, 5.41) is 0.634. The minimum atomic E-state index is -3.31. The molecule has 1 unspecified atom stereocenters. The van der Waals surface area contributed by atoms with Crippen molar-refractivity contribution in [1.82, 2.24) is 9.21 Å². The predicted molar refractivity (Wildman–Crippen MR) is 102 cm³/mol. The Hall–Kier alpha value is -0.270. The van der Waals surface area contributed by atoms with Crippen LogP contribution in [0, 0.1) is 0 Å². The second-order valence-corrected chi connectivity index (χ2v) is 10.1. The van der Waals surface area contributed by atoms with Gasteiger partial charge >= 0.3 is 0 Å². The molecule has 1 atom stereocenters. The van der Waals surface area contributed by atoms with Crippen LogP contribution in [0.1, 0.15) is 24.8 Å². The smallest absolute Gasteiger partial charge is 0.218 e. The topological polar surface area (TPSA) is 40.6 Å². The highest BCUT2D eigenvalue weighted by Crippen LogP contribution is 2.24. The van der Waals surface area contributed by atoms with E-state index in [1.54, 1.807) is 16.4 Å². The van der Waals surface area contributed by atoms with E-state index in [4.69, 9.17) is 11.6 Å². The number of halogens is 1. The van der Waals surface area contributed by atoms with Gasteiger partial charge in [-0.3, -0.25) is 0 Å². The number of benzene rings is 1. The Kier molecular flexibility index (Phi) is 6.49. The minimum absolute atomic E-state index is 0.0608. The van der Waals surface area contributed by atoms with Gasteiger partial charge in [0.2, 0.25) is 10.0 Å². The minimum Gasteiger partial charge on any atom is -0.302 e. The maximum Gasteiger partial charge on any atom is 0.218 e. The van der Waals surface area contributed by atoms with Gasteiger partial charge < -0.3 is 4.90 Å². The van der Waals surface area contributed by atoms with Gasteiger partial charge in [0, 0.05) is 29.9 Å². The zero-order chi connectivity index (χ0) is 17.0. The third kappa shape index (κ3) is 4.88. The summed E-state index contributed by atoms with van der Waals surface area (Å²) in [5.41, 5.74) is 0.802. The standard InChI is InChI=1S/C17H25ClN2O2S2/c18-16-6-4-15(5-7-16)14-24(21,22)20-10-3-11-23-13-17(20)12-19-8-1-2-9-19/h4-7,17H,1-3,8-14H2. The van der Waals surface area contributed by atoms with Gasteiger partial charge in [-0.15, -0.1) is 0 Å². The van der Waals surface area contributed by atoms with Crippen LogP contribution in [0.3, 0.4) is 0 Å². The lowest BCUT2D eigenvalue weighted by Gasteiger charge is -2.31. The molecule has 0 amide bonds. The third-order valence-corrected chi connectivity index (χ3v) is 8.02. The molecule has 2 heterocycles. The van der Waals surface area contributed by atoms with Crippen molar-refractivity contribution in [3.05, 3.63) is 34.9 Å². The normalized spacial score (nSPS) is 24.1. The van der Waals surface area contributed by atoms with Crippen molar-refractivity contribution in [2.75, 3.05) is 37.7 Å². The Balaban J connectivity index is 1.74. The molecule has 1 aromatic carbocycles. The van der Waals surface area contributed by atoms with Crippen LogP contribution < -0.4 is 0 Å². The molecule has 0 bridgehead atoms. The Morgan fingerprint density at radius 1 is 1.08 bits per heavy atom. The summed E-state index contributed by atoms with van der Waals surface area (Å²) in [6.07, 6.45) is 3.40. The molecule has 0 saturated carbocycles. The Labute approximate surface area is 154 Å². The Morgan fingerprint density at radius 2 is 1.79 bits per heavy atom. The summed E-state index contributed by atoms with van der Waals surface area (Å²) in [4.78, 5) is 2.42. The van der Waals surface area contributed by atoms with Crippen molar-refractivity contribution in [2.45, 2.75) is 31.1 Å². The van der Waals surface area contributed by atoms with Crippen LogP contribution in [0.25, 0.3) is 0 Å². The van der Waals surface area contributed by atoms with Crippen LogP contribution in [0.4, 0.5) is 0 Å². The molecule has 1 aromatic rings. The van der Waals surface area contributed by atoms with Crippen molar-refractivity contribution >= 4 is 33.4 Å². The lowest BCUT2D eigenvalue weighted by Crippen LogP contribution is -2.47. The van der Waals surface area contributed by atoms with Crippen molar-refractivity contribution in [3.63, 3.8) is 0 Å². The second-order valence-electron chi connectivity index (χ2n) is 6.58. The van der Waals surface area contributed by atoms with E-state index in [-0.39, 0.29) is 11.8 Å². The van der Waals surface area contributed by atoms with Gasteiger partial charge in [-0.05, 0) is 55.8 Å². The molecular weight excluding hydrogens is 364 g/mol. The van der Waals surface area contributed by atoms with Crippen LogP contribution in [-0.4, -0.2) is 61.3 Å². The summed E-state index contributed by atoms with van der Waals surface area (Å²) in [7, 11) is -3.31. The first-order valence-corrected chi connectivity index (χ1v) is 11.7. The highest BCUT2D eigenvalue weighted by atomic mass is 35.5. The van der Waals surface area contributed by atoms with E-state index in [0.29, 0.717) is 11.6 Å². The van der Waals surface area contributed by atoms with Gasteiger partial charge in [0.15, 0.2) is 0 Å². The van der Waals surface area contributed by atoms with Crippen LogP contribution in [-0.2, 0) is 15.8 Å². The van der Waals surface area contributed by atoms with E-state index >= 15 is 0 Å². The fourth-order valence-electron chi connectivity index (χ4n) is 3.45. The molecule has 4 nitrogen and oxygen atoms in total. The Morgan fingerprint density at radius 3 is 2.50 bits per heavy atom. The van der Waals surface area contributed by atoms with Gasteiger partial charge in [0.25, 0.3) is 0 Å². The quantitative estimate of drug-likeness (QED) is 0.777. The molecule has 2 saturated heterocycles. The summed E-state index contributed by atoms with van der Waals surface area (Å²) in [6, 6.07) is 7.22. The maximum absolute atomic E-state index is 13.0. The number of sulfonamides is 1. The van der Waals surface area contributed by atoms with Crippen molar-refractivity contribution in [2.24, 2.45) is 0 Å². The number of hydrogen-bond acceptors (Lipinski definition) is 4. The molecule has 0 aliphatic carbocycles. The molecule has 2 fully saturated rings. The second kappa shape index (κ2) is 8.41. The highest BCUT2D eigenvalue weighted by molar-refractivity contribution is 7.99. The van der Waals surface area contributed by atoms with E-state index < -0.39 is 10.0 Å². The summed E-state index contributed by atoms with van der Waals surface area (Å²) >= 11 is 7.79. The van der Waals surface area contributed by atoms with E-state index in [9.17, 15) is 8.42 Å². The van der Waals surface area contributed by atoms with Crippen molar-refractivity contribution in [1.29, 1.82) is 0 Å². The summed E-state index contributed by atoms with van der Waals surface area (Å²) in [6.45, 7) is 3.72. The first-order valence-electron chi connectivity index (χ1n) is 8.59. The summed E-state index contributed by atoms with van der Waals surface area (Å²) < 4.78 is 27.9. The zero-order valence-corrected chi connectivity index (χ0v) is 16.3. The largest absolute Gasteiger partial charge is 0.302 e. The molecule has 0 N–H and O–H groups in total. The number of rotatable bonds is 5. The molecule has 0 spiro atoms.